The van der Waals surface area contributed by atoms with Gasteiger partial charge in [0.2, 0.25) is 17.7 Å². The van der Waals surface area contributed by atoms with E-state index >= 15 is 0 Å². The van der Waals surface area contributed by atoms with Gasteiger partial charge in [-0.1, -0.05) is 30.3 Å². The van der Waals surface area contributed by atoms with E-state index in [0.717, 1.165) is 5.56 Å². The molecule has 192 valence electrons. The average molecular weight is 496 g/mol. The Morgan fingerprint density at radius 2 is 1.69 bits per heavy atom. The standard InChI is InChI=1S/C21H29FN6O7/c22-21(10-24-11-21)12-34-13-27-16(29)7-26-19(32)15(6-14-4-2-1-3-5-14)28-17(30)8-25-18(31)9-35-20(23)33/h1-5,15,24H,6-13H2,(H2,23,33)(H,25,31)(H,26,32)(H,27,29)(H,28,30)/t15-/m0/s1. The Morgan fingerprint density at radius 3 is 2.31 bits per heavy atom. The first-order valence-corrected chi connectivity index (χ1v) is 10.7. The maximum atomic E-state index is 13.8. The Balaban J connectivity index is 1.79. The van der Waals surface area contributed by atoms with Crippen LogP contribution in [-0.2, 0) is 35.1 Å². The van der Waals surface area contributed by atoms with Crippen molar-refractivity contribution in [2.24, 2.45) is 5.73 Å². The molecule has 0 saturated carbocycles. The normalized spacial score (nSPS) is 14.5. The second-order valence-electron chi connectivity index (χ2n) is 7.76. The molecule has 0 unspecified atom stereocenters. The molecular weight excluding hydrogens is 467 g/mol. The number of halogens is 1. The lowest BCUT2D eigenvalue weighted by molar-refractivity contribution is -0.131. The molecule has 0 radical (unpaired) electrons. The molecule has 13 nitrogen and oxygen atoms in total. The number of hydrogen-bond acceptors (Lipinski definition) is 8. The van der Waals surface area contributed by atoms with Crippen LogP contribution in [0.3, 0.4) is 0 Å². The molecule has 1 aromatic rings. The molecule has 2 rings (SSSR count). The van der Waals surface area contributed by atoms with Gasteiger partial charge >= 0.3 is 6.09 Å². The lowest BCUT2D eigenvalue weighted by Crippen LogP contribution is -2.59. The number of primary amides is 1. The summed E-state index contributed by atoms with van der Waals surface area (Å²) in [5.41, 5.74) is 4.07. The van der Waals surface area contributed by atoms with Gasteiger partial charge in [-0.05, 0) is 5.56 Å². The molecule has 14 heteroatoms. The topological polar surface area (TPSA) is 190 Å². The molecule has 1 atom stereocenters. The van der Waals surface area contributed by atoms with Gasteiger partial charge in [0.1, 0.15) is 12.8 Å². The molecule has 5 amide bonds. The van der Waals surface area contributed by atoms with Gasteiger partial charge in [0, 0.05) is 19.5 Å². The molecule has 0 spiro atoms. The van der Waals surface area contributed by atoms with Crippen LogP contribution in [0.25, 0.3) is 0 Å². The maximum Gasteiger partial charge on any atom is 0.405 e. The van der Waals surface area contributed by atoms with E-state index in [-0.39, 0.29) is 32.8 Å². The van der Waals surface area contributed by atoms with Crippen LogP contribution in [-0.4, -0.2) is 87.6 Å². The molecule has 7 N–H and O–H groups in total. The first-order chi connectivity index (χ1) is 16.7. The smallest absolute Gasteiger partial charge is 0.405 e. The van der Waals surface area contributed by atoms with Crippen LogP contribution in [0.15, 0.2) is 30.3 Å². The van der Waals surface area contributed by atoms with Gasteiger partial charge in [-0.15, -0.1) is 0 Å². The van der Waals surface area contributed by atoms with Gasteiger partial charge < -0.3 is 41.8 Å². The number of benzene rings is 1. The molecule has 0 aliphatic carbocycles. The fourth-order valence-electron chi connectivity index (χ4n) is 2.89. The van der Waals surface area contributed by atoms with Crippen LogP contribution in [0.4, 0.5) is 9.18 Å². The molecular formula is C21H29FN6O7. The fourth-order valence-corrected chi connectivity index (χ4v) is 2.89. The summed E-state index contributed by atoms with van der Waals surface area (Å²) in [5, 5.41) is 12.3. The minimum Gasteiger partial charge on any atom is -0.440 e. The van der Waals surface area contributed by atoms with Gasteiger partial charge in [0.05, 0.1) is 19.7 Å². The number of nitrogens with two attached hydrogens (primary N) is 1. The van der Waals surface area contributed by atoms with E-state index in [1.165, 1.54) is 0 Å². The van der Waals surface area contributed by atoms with Crippen molar-refractivity contribution >= 4 is 29.7 Å². The Hall–Kier alpha value is -3.78. The second kappa shape index (κ2) is 13.8. The van der Waals surface area contributed by atoms with Gasteiger partial charge in [0.25, 0.3) is 5.91 Å². The molecule has 1 saturated heterocycles. The van der Waals surface area contributed by atoms with Crippen molar-refractivity contribution in [1.29, 1.82) is 0 Å². The van der Waals surface area contributed by atoms with E-state index in [0.29, 0.717) is 0 Å². The summed E-state index contributed by atoms with van der Waals surface area (Å²) in [6, 6.07) is 7.78. The molecule has 1 aliphatic rings. The highest BCUT2D eigenvalue weighted by Crippen LogP contribution is 2.15. The largest absolute Gasteiger partial charge is 0.440 e. The molecule has 1 aliphatic heterocycles. The zero-order valence-electron chi connectivity index (χ0n) is 18.9. The molecule has 35 heavy (non-hydrogen) atoms. The highest BCUT2D eigenvalue weighted by atomic mass is 19.1. The third kappa shape index (κ3) is 10.8. The van der Waals surface area contributed by atoms with E-state index in [1.807, 2.05) is 0 Å². The third-order valence-electron chi connectivity index (χ3n) is 4.76. The van der Waals surface area contributed by atoms with E-state index in [2.05, 4.69) is 31.3 Å². The number of alkyl halides is 1. The first-order valence-electron chi connectivity index (χ1n) is 10.7. The number of rotatable bonds is 14. The van der Waals surface area contributed by atoms with E-state index in [4.69, 9.17) is 10.5 Å². The number of ether oxygens (including phenoxy) is 2. The summed E-state index contributed by atoms with van der Waals surface area (Å²) in [6.07, 6.45) is -1.02. The van der Waals surface area contributed by atoms with Crippen LogP contribution in [0, 0.1) is 0 Å². The fraction of sp³-hybridized carbons (Fsp3) is 0.476. The molecule has 1 heterocycles. The summed E-state index contributed by atoms with van der Waals surface area (Å²) in [4.78, 5) is 58.9. The minimum absolute atomic E-state index is 0.120. The zero-order valence-corrected chi connectivity index (χ0v) is 18.9. The summed E-state index contributed by atoms with van der Waals surface area (Å²) in [5.74, 6) is -2.64. The lowest BCUT2D eigenvalue weighted by atomic mass is 10.0. The van der Waals surface area contributed by atoms with Crippen LogP contribution >= 0.6 is 0 Å². The van der Waals surface area contributed by atoms with Gasteiger partial charge in [-0.2, -0.15) is 0 Å². The minimum atomic E-state index is -1.43. The Morgan fingerprint density at radius 1 is 1.00 bits per heavy atom. The highest BCUT2D eigenvalue weighted by Gasteiger charge is 2.37. The van der Waals surface area contributed by atoms with E-state index in [9.17, 15) is 28.4 Å². The average Bonchev–Trinajstić information content (AvgIpc) is 2.81. The van der Waals surface area contributed by atoms with Crippen molar-refractivity contribution in [3.8, 4) is 0 Å². The molecule has 1 aromatic carbocycles. The summed E-state index contributed by atoms with van der Waals surface area (Å²) >= 11 is 0. The number of carbonyl (C=O) groups is 5. The number of carbonyl (C=O) groups excluding carboxylic acids is 5. The monoisotopic (exact) mass is 496 g/mol. The van der Waals surface area contributed by atoms with Gasteiger partial charge in [-0.3, -0.25) is 19.2 Å². The lowest BCUT2D eigenvalue weighted by Gasteiger charge is -2.34. The van der Waals surface area contributed by atoms with E-state index < -0.39 is 61.1 Å². The van der Waals surface area contributed by atoms with Crippen molar-refractivity contribution in [2.45, 2.75) is 18.1 Å². The van der Waals surface area contributed by atoms with Crippen LogP contribution in [0.5, 0.6) is 0 Å². The third-order valence-corrected chi connectivity index (χ3v) is 4.76. The Bertz CT molecular complexity index is 897. The Labute approximate surface area is 200 Å². The predicted molar refractivity (Wildman–Crippen MR) is 119 cm³/mol. The summed E-state index contributed by atoms with van der Waals surface area (Å²) in [7, 11) is 0. The maximum absolute atomic E-state index is 13.8. The molecule has 1 fully saturated rings. The number of amides is 5. The van der Waals surface area contributed by atoms with Gasteiger partial charge in [0.15, 0.2) is 12.3 Å². The van der Waals surface area contributed by atoms with Gasteiger partial charge in [-0.25, -0.2) is 9.18 Å². The molecule has 0 aromatic heterocycles. The Kier molecular flexibility index (Phi) is 10.8. The van der Waals surface area contributed by atoms with Crippen molar-refractivity contribution < 1.29 is 37.8 Å². The molecule has 0 bridgehead atoms. The van der Waals surface area contributed by atoms with Crippen molar-refractivity contribution in [1.82, 2.24) is 26.6 Å². The van der Waals surface area contributed by atoms with Crippen LogP contribution in [0.2, 0.25) is 0 Å². The zero-order chi connectivity index (χ0) is 25.7. The van der Waals surface area contributed by atoms with Crippen molar-refractivity contribution in [3.05, 3.63) is 35.9 Å². The van der Waals surface area contributed by atoms with Crippen LogP contribution < -0.4 is 32.3 Å². The number of nitrogens with one attached hydrogen (secondary N) is 5. The summed E-state index contributed by atoms with van der Waals surface area (Å²) in [6.45, 7) is -1.53. The van der Waals surface area contributed by atoms with E-state index in [1.54, 1.807) is 30.3 Å². The van der Waals surface area contributed by atoms with Crippen molar-refractivity contribution in [2.75, 3.05) is 46.1 Å². The SMILES string of the molecule is NC(=O)OCC(=O)NCC(=O)N[C@@H](Cc1ccccc1)C(=O)NCC(=O)NCOCC1(F)CNC1. The second-order valence-corrected chi connectivity index (χ2v) is 7.76. The first kappa shape index (κ1) is 27.5. The summed E-state index contributed by atoms with van der Waals surface area (Å²) < 4.78 is 23.2. The number of hydrogen-bond donors (Lipinski definition) is 6. The van der Waals surface area contributed by atoms with Crippen molar-refractivity contribution in [3.63, 3.8) is 0 Å². The predicted octanol–water partition coefficient (Wildman–Crippen LogP) is -2.56. The van der Waals surface area contributed by atoms with Crippen LogP contribution in [0.1, 0.15) is 5.56 Å². The quantitative estimate of drug-likeness (QED) is 0.120. The highest BCUT2D eigenvalue weighted by molar-refractivity contribution is 5.92.